The number of halogens is 2. The number of fused-ring (bicyclic) bond motifs is 1. The first-order chi connectivity index (χ1) is 10.4. The minimum atomic E-state index is -0.763. The molecule has 1 aromatic heterocycles. The summed E-state index contributed by atoms with van der Waals surface area (Å²) >= 11 is 5.68. The number of anilines is 2. The van der Waals surface area contributed by atoms with E-state index in [1.54, 1.807) is 13.0 Å². The van der Waals surface area contributed by atoms with Gasteiger partial charge < -0.3 is 10.6 Å². The van der Waals surface area contributed by atoms with Crippen molar-refractivity contribution in [2.45, 2.75) is 19.4 Å². The van der Waals surface area contributed by atoms with Crippen LogP contribution in [-0.2, 0) is 9.59 Å². The van der Waals surface area contributed by atoms with Gasteiger partial charge in [-0.05, 0) is 25.1 Å². The lowest BCUT2D eigenvalue weighted by Crippen LogP contribution is -2.35. The third kappa shape index (κ3) is 2.67. The topological polar surface area (TPSA) is 76.0 Å². The molecule has 0 radical (unpaired) electrons. The standard InChI is InChI=1S/C14H12ClFN4O2/c1-7-4-12-18-13(21)6-11(20(12)19-7)14(22)17-8-2-3-10(16)9(15)5-8/h2-5,11H,6H2,1H3,(H,17,22)(H,18,21). The number of rotatable bonds is 2. The average molecular weight is 323 g/mol. The number of carbonyl (C=O) groups is 2. The van der Waals surface area contributed by atoms with Gasteiger partial charge in [0.2, 0.25) is 11.8 Å². The van der Waals surface area contributed by atoms with Crippen molar-refractivity contribution in [3.8, 4) is 0 Å². The van der Waals surface area contributed by atoms with Gasteiger partial charge in [-0.1, -0.05) is 11.6 Å². The van der Waals surface area contributed by atoms with Crippen molar-refractivity contribution < 1.29 is 14.0 Å². The van der Waals surface area contributed by atoms with E-state index in [0.29, 0.717) is 17.2 Å². The molecule has 1 aliphatic heterocycles. The summed E-state index contributed by atoms with van der Waals surface area (Å²) in [5.74, 6) is -0.765. The van der Waals surface area contributed by atoms with Crippen LogP contribution in [0.25, 0.3) is 0 Å². The summed E-state index contributed by atoms with van der Waals surface area (Å²) in [7, 11) is 0. The predicted octanol–water partition coefficient (Wildman–Crippen LogP) is 2.51. The van der Waals surface area contributed by atoms with Gasteiger partial charge >= 0.3 is 0 Å². The molecule has 0 spiro atoms. The second kappa shape index (κ2) is 5.42. The highest BCUT2D eigenvalue weighted by Crippen LogP contribution is 2.27. The maximum absolute atomic E-state index is 13.1. The molecule has 0 saturated carbocycles. The number of nitrogens with one attached hydrogen (secondary N) is 2. The molecule has 0 aliphatic carbocycles. The number of hydrogen-bond acceptors (Lipinski definition) is 3. The Hall–Kier alpha value is -2.41. The van der Waals surface area contributed by atoms with Crippen molar-refractivity contribution in [2.75, 3.05) is 10.6 Å². The minimum Gasteiger partial charge on any atom is -0.324 e. The van der Waals surface area contributed by atoms with Crippen molar-refractivity contribution in [2.24, 2.45) is 0 Å². The molecule has 8 heteroatoms. The van der Waals surface area contributed by atoms with Gasteiger partial charge in [-0.15, -0.1) is 0 Å². The van der Waals surface area contributed by atoms with Gasteiger partial charge in [0.05, 0.1) is 17.1 Å². The van der Waals surface area contributed by atoms with Crippen LogP contribution < -0.4 is 10.6 Å². The van der Waals surface area contributed by atoms with Gasteiger partial charge in [0.15, 0.2) is 0 Å². The Morgan fingerprint density at radius 2 is 2.27 bits per heavy atom. The van der Waals surface area contributed by atoms with E-state index in [4.69, 9.17) is 11.6 Å². The zero-order chi connectivity index (χ0) is 15.9. The minimum absolute atomic E-state index is 0.0190. The van der Waals surface area contributed by atoms with Crippen LogP contribution in [0, 0.1) is 12.7 Å². The van der Waals surface area contributed by atoms with Crippen LogP contribution in [0.3, 0.4) is 0 Å². The van der Waals surface area contributed by atoms with Crippen molar-refractivity contribution >= 4 is 34.9 Å². The van der Waals surface area contributed by atoms with Crippen molar-refractivity contribution in [3.05, 3.63) is 40.8 Å². The number of hydrogen-bond donors (Lipinski definition) is 2. The Labute approximate surface area is 130 Å². The summed E-state index contributed by atoms with van der Waals surface area (Å²) in [6, 6.07) is 4.80. The van der Waals surface area contributed by atoms with Gasteiger partial charge in [0.25, 0.3) is 0 Å². The number of aryl methyl sites for hydroxylation is 1. The van der Waals surface area contributed by atoms with Gasteiger partial charge in [0, 0.05) is 11.8 Å². The van der Waals surface area contributed by atoms with Crippen LogP contribution in [0.15, 0.2) is 24.3 Å². The summed E-state index contributed by atoms with van der Waals surface area (Å²) < 4.78 is 14.6. The van der Waals surface area contributed by atoms with E-state index in [2.05, 4.69) is 15.7 Å². The molecule has 0 fully saturated rings. The van der Waals surface area contributed by atoms with Crippen LogP contribution in [0.4, 0.5) is 15.9 Å². The van der Waals surface area contributed by atoms with E-state index in [1.165, 1.54) is 16.8 Å². The first-order valence-corrected chi connectivity index (χ1v) is 6.94. The lowest BCUT2D eigenvalue weighted by Gasteiger charge is -2.23. The molecular formula is C14H12ClFN4O2. The molecule has 1 atom stereocenters. The zero-order valence-electron chi connectivity index (χ0n) is 11.6. The van der Waals surface area contributed by atoms with E-state index < -0.39 is 17.8 Å². The number of carbonyl (C=O) groups excluding carboxylic acids is 2. The number of amides is 2. The highest BCUT2D eigenvalue weighted by molar-refractivity contribution is 6.31. The van der Waals surface area contributed by atoms with Crippen molar-refractivity contribution in [3.63, 3.8) is 0 Å². The molecule has 6 nitrogen and oxygen atoms in total. The quantitative estimate of drug-likeness (QED) is 0.892. The Morgan fingerprint density at radius 3 is 3.00 bits per heavy atom. The predicted molar refractivity (Wildman–Crippen MR) is 79.3 cm³/mol. The fourth-order valence-corrected chi connectivity index (χ4v) is 2.49. The smallest absolute Gasteiger partial charge is 0.249 e. The molecular weight excluding hydrogens is 311 g/mol. The molecule has 0 bridgehead atoms. The molecule has 114 valence electrons. The first kappa shape index (κ1) is 14.5. The first-order valence-electron chi connectivity index (χ1n) is 6.56. The van der Waals surface area contributed by atoms with Crippen molar-refractivity contribution in [1.82, 2.24) is 9.78 Å². The number of benzene rings is 1. The Kier molecular flexibility index (Phi) is 3.58. The Bertz CT molecular complexity index is 774. The van der Waals surface area contributed by atoms with E-state index in [1.807, 2.05) is 0 Å². The highest BCUT2D eigenvalue weighted by Gasteiger charge is 2.31. The van der Waals surface area contributed by atoms with Gasteiger partial charge in [0.1, 0.15) is 17.7 Å². The SMILES string of the molecule is Cc1cc2n(n1)C(C(=O)Nc1ccc(F)c(Cl)c1)CC(=O)N2. The highest BCUT2D eigenvalue weighted by atomic mass is 35.5. The number of nitrogens with zero attached hydrogens (tertiary/aromatic N) is 2. The Balaban J connectivity index is 1.85. The summed E-state index contributed by atoms with van der Waals surface area (Å²) in [5.41, 5.74) is 1.05. The molecule has 2 aromatic rings. The summed E-state index contributed by atoms with van der Waals surface area (Å²) in [6.07, 6.45) is -0.0190. The van der Waals surface area contributed by atoms with Crippen LogP contribution in [0.2, 0.25) is 5.02 Å². The second-order valence-electron chi connectivity index (χ2n) is 5.00. The molecule has 1 aliphatic rings. The molecule has 22 heavy (non-hydrogen) atoms. The van der Waals surface area contributed by atoms with Crippen LogP contribution in [0.5, 0.6) is 0 Å². The second-order valence-corrected chi connectivity index (χ2v) is 5.41. The zero-order valence-corrected chi connectivity index (χ0v) is 12.3. The molecule has 1 aromatic carbocycles. The lowest BCUT2D eigenvalue weighted by atomic mass is 10.1. The van der Waals surface area contributed by atoms with Gasteiger partial charge in [-0.25, -0.2) is 9.07 Å². The summed E-state index contributed by atoms with van der Waals surface area (Å²) in [4.78, 5) is 24.1. The molecule has 0 saturated heterocycles. The van der Waals surface area contributed by atoms with Crippen molar-refractivity contribution in [1.29, 1.82) is 0 Å². The Morgan fingerprint density at radius 1 is 1.50 bits per heavy atom. The summed E-state index contributed by atoms with van der Waals surface area (Å²) in [5, 5.41) is 9.40. The van der Waals surface area contributed by atoms with Crippen LogP contribution >= 0.6 is 11.6 Å². The molecule has 2 heterocycles. The van der Waals surface area contributed by atoms with E-state index in [-0.39, 0.29) is 17.4 Å². The largest absolute Gasteiger partial charge is 0.324 e. The average Bonchev–Trinajstić information content (AvgIpc) is 2.82. The van der Waals surface area contributed by atoms with E-state index in [9.17, 15) is 14.0 Å². The van der Waals surface area contributed by atoms with Crippen LogP contribution in [-0.4, -0.2) is 21.6 Å². The molecule has 1 unspecified atom stereocenters. The fourth-order valence-electron chi connectivity index (χ4n) is 2.31. The van der Waals surface area contributed by atoms with E-state index in [0.717, 1.165) is 6.07 Å². The third-order valence-corrected chi connectivity index (χ3v) is 3.58. The lowest BCUT2D eigenvalue weighted by molar-refractivity contribution is -0.125. The number of aromatic nitrogens is 2. The maximum Gasteiger partial charge on any atom is 0.249 e. The maximum atomic E-state index is 13.1. The molecule has 2 amide bonds. The van der Waals surface area contributed by atoms with Gasteiger partial charge in [-0.3, -0.25) is 9.59 Å². The fraction of sp³-hybridized carbons (Fsp3) is 0.214. The van der Waals surface area contributed by atoms with E-state index >= 15 is 0 Å². The normalized spacial score (nSPS) is 16.9. The van der Waals surface area contributed by atoms with Gasteiger partial charge in [-0.2, -0.15) is 5.10 Å². The molecule has 3 rings (SSSR count). The third-order valence-electron chi connectivity index (χ3n) is 3.29. The monoisotopic (exact) mass is 322 g/mol. The van der Waals surface area contributed by atoms with Crippen LogP contribution in [0.1, 0.15) is 18.2 Å². The molecule has 2 N–H and O–H groups in total. The summed E-state index contributed by atoms with van der Waals surface area (Å²) in [6.45, 7) is 1.77.